The van der Waals surface area contributed by atoms with Gasteiger partial charge in [0.25, 0.3) is 5.91 Å². The Labute approximate surface area is 154 Å². The fourth-order valence-corrected chi connectivity index (χ4v) is 2.40. The Morgan fingerprint density at radius 2 is 1.73 bits per heavy atom. The molecule has 2 aromatic rings. The minimum atomic E-state index is -0.572. The van der Waals surface area contributed by atoms with Gasteiger partial charge in [-0.15, -0.1) is 0 Å². The highest BCUT2D eigenvalue weighted by Crippen LogP contribution is 2.14. The summed E-state index contributed by atoms with van der Waals surface area (Å²) in [6.45, 7) is 5.99. The predicted molar refractivity (Wildman–Crippen MR) is 103 cm³/mol. The van der Waals surface area contributed by atoms with Crippen molar-refractivity contribution >= 4 is 17.7 Å². The lowest BCUT2D eigenvalue weighted by Crippen LogP contribution is -2.27. The van der Waals surface area contributed by atoms with Gasteiger partial charge in [0, 0.05) is 17.8 Å². The van der Waals surface area contributed by atoms with E-state index in [-0.39, 0.29) is 5.91 Å². The van der Waals surface area contributed by atoms with Gasteiger partial charge in [-0.25, -0.2) is 4.79 Å². The fourth-order valence-electron chi connectivity index (χ4n) is 2.40. The molecule has 2 amide bonds. The van der Waals surface area contributed by atoms with Crippen LogP contribution in [0.5, 0.6) is 0 Å². The summed E-state index contributed by atoms with van der Waals surface area (Å²) in [5.74, 6) is -0.161. The Hall–Kier alpha value is -2.82. The number of nitrogens with one attached hydrogen (secondary N) is 2. The largest absolute Gasteiger partial charge is 0.444 e. The summed E-state index contributed by atoms with van der Waals surface area (Å²) in [4.78, 5) is 24.1. The molecular formula is C21H26N2O3. The zero-order valence-electron chi connectivity index (χ0n) is 15.5. The molecule has 0 radical (unpaired) electrons. The fraction of sp³-hybridized carbons (Fsp3) is 0.333. The van der Waals surface area contributed by atoms with Gasteiger partial charge >= 0.3 is 6.09 Å². The standard InChI is InChI=1S/C21H26N2O3/c1-21(2,3)26-20(25)23-18-13-7-12-17(15-18)19(24)22-14-8-11-16-9-5-4-6-10-16/h4-7,9-10,12-13,15H,8,11,14H2,1-3H3,(H,22,24)(H,23,25). The van der Waals surface area contributed by atoms with Crippen LogP contribution in [0.1, 0.15) is 43.1 Å². The van der Waals surface area contributed by atoms with E-state index < -0.39 is 11.7 Å². The molecule has 0 aliphatic heterocycles. The topological polar surface area (TPSA) is 67.4 Å². The molecule has 5 heteroatoms. The van der Waals surface area contributed by atoms with Crippen LogP contribution in [0.25, 0.3) is 0 Å². The van der Waals surface area contributed by atoms with Crippen LogP contribution in [-0.2, 0) is 11.2 Å². The van der Waals surface area contributed by atoms with E-state index in [2.05, 4.69) is 22.8 Å². The van der Waals surface area contributed by atoms with Gasteiger partial charge in [-0.05, 0) is 57.4 Å². The van der Waals surface area contributed by atoms with Crippen LogP contribution < -0.4 is 10.6 Å². The molecule has 0 aromatic heterocycles. The summed E-state index contributed by atoms with van der Waals surface area (Å²) in [5, 5.41) is 5.55. The summed E-state index contributed by atoms with van der Waals surface area (Å²) >= 11 is 0. The van der Waals surface area contributed by atoms with Crippen molar-refractivity contribution in [2.45, 2.75) is 39.2 Å². The monoisotopic (exact) mass is 354 g/mol. The molecule has 138 valence electrons. The number of hydrogen-bond donors (Lipinski definition) is 2. The highest BCUT2D eigenvalue weighted by molar-refractivity contribution is 5.96. The summed E-state index contributed by atoms with van der Waals surface area (Å²) in [7, 11) is 0. The van der Waals surface area contributed by atoms with Crippen LogP contribution in [0.15, 0.2) is 54.6 Å². The number of ether oxygens (including phenoxy) is 1. The van der Waals surface area contributed by atoms with Crippen LogP contribution in [0.4, 0.5) is 10.5 Å². The van der Waals surface area contributed by atoms with Crippen LogP contribution in [0, 0.1) is 0 Å². The highest BCUT2D eigenvalue weighted by Gasteiger charge is 2.16. The second-order valence-corrected chi connectivity index (χ2v) is 7.05. The maximum Gasteiger partial charge on any atom is 0.412 e. The van der Waals surface area contributed by atoms with Gasteiger partial charge in [0.2, 0.25) is 0 Å². The van der Waals surface area contributed by atoms with E-state index in [1.807, 2.05) is 18.2 Å². The summed E-state index contributed by atoms with van der Waals surface area (Å²) < 4.78 is 5.21. The quantitative estimate of drug-likeness (QED) is 0.756. The van der Waals surface area contributed by atoms with Gasteiger partial charge in [-0.2, -0.15) is 0 Å². The van der Waals surface area contributed by atoms with E-state index in [0.717, 1.165) is 12.8 Å². The molecule has 0 aliphatic carbocycles. The lowest BCUT2D eigenvalue weighted by Gasteiger charge is -2.19. The maximum atomic E-state index is 12.3. The van der Waals surface area contributed by atoms with Crippen molar-refractivity contribution in [1.82, 2.24) is 5.32 Å². The first-order valence-electron chi connectivity index (χ1n) is 8.76. The van der Waals surface area contributed by atoms with Gasteiger partial charge in [-0.3, -0.25) is 10.1 Å². The Kier molecular flexibility index (Phi) is 6.78. The van der Waals surface area contributed by atoms with E-state index in [9.17, 15) is 9.59 Å². The molecule has 2 N–H and O–H groups in total. The summed E-state index contributed by atoms with van der Waals surface area (Å²) in [5.41, 5.74) is 1.71. The van der Waals surface area contributed by atoms with Crippen LogP contribution >= 0.6 is 0 Å². The first kappa shape index (κ1) is 19.5. The van der Waals surface area contributed by atoms with E-state index >= 15 is 0 Å². The smallest absolute Gasteiger partial charge is 0.412 e. The molecule has 26 heavy (non-hydrogen) atoms. The maximum absolute atomic E-state index is 12.3. The molecule has 0 heterocycles. The van der Waals surface area contributed by atoms with E-state index in [0.29, 0.717) is 17.8 Å². The van der Waals surface area contributed by atoms with Gasteiger partial charge in [0.1, 0.15) is 5.60 Å². The minimum absolute atomic E-state index is 0.161. The Balaban J connectivity index is 1.82. The number of carbonyl (C=O) groups excluding carboxylic acids is 2. The van der Waals surface area contributed by atoms with Crippen LogP contribution in [-0.4, -0.2) is 24.1 Å². The third kappa shape index (κ3) is 6.97. The first-order valence-corrected chi connectivity index (χ1v) is 8.76. The second-order valence-electron chi connectivity index (χ2n) is 7.05. The van der Waals surface area contributed by atoms with E-state index in [1.54, 1.807) is 45.0 Å². The predicted octanol–water partition coefficient (Wildman–Crippen LogP) is 4.40. The van der Waals surface area contributed by atoms with Crippen molar-refractivity contribution in [3.05, 3.63) is 65.7 Å². The number of carbonyl (C=O) groups is 2. The van der Waals surface area contributed by atoms with Crippen molar-refractivity contribution in [2.24, 2.45) is 0 Å². The molecule has 0 unspecified atom stereocenters. The molecule has 0 aliphatic rings. The van der Waals surface area contributed by atoms with Crippen molar-refractivity contribution < 1.29 is 14.3 Å². The summed E-state index contributed by atoms with van der Waals surface area (Å²) in [6, 6.07) is 17.0. The molecule has 0 atom stereocenters. The molecule has 0 spiro atoms. The van der Waals surface area contributed by atoms with Gasteiger partial charge in [0.05, 0.1) is 0 Å². The second kappa shape index (κ2) is 9.04. The Bertz CT molecular complexity index is 736. The zero-order chi connectivity index (χ0) is 19.0. The molecular weight excluding hydrogens is 328 g/mol. The zero-order valence-corrected chi connectivity index (χ0v) is 15.5. The first-order chi connectivity index (χ1) is 12.3. The lowest BCUT2D eigenvalue weighted by atomic mass is 10.1. The average Bonchev–Trinajstić information content (AvgIpc) is 2.58. The number of benzene rings is 2. The van der Waals surface area contributed by atoms with E-state index in [1.165, 1.54) is 5.56 Å². The molecule has 0 saturated carbocycles. The number of rotatable bonds is 6. The van der Waals surface area contributed by atoms with Crippen molar-refractivity contribution in [3.8, 4) is 0 Å². The Morgan fingerprint density at radius 3 is 2.42 bits per heavy atom. The molecule has 2 aromatic carbocycles. The number of amides is 2. The van der Waals surface area contributed by atoms with Crippen LogP contribution in [0.3, 0.4) is 0 Å². The highest BCUT2D eigenvalue weighted by atomic mass is 16.6. The Morgan fingerprint density at radius 1 is 1.00 bits per heavy atom. The number of anilines is 1. The van der Waals surface area contributed by atoms with E-state index in [4.69, 9.17) is 4.74 Å². The minimum Gasteiger partial charge on any atom is -0.444 e. The van der Waals surface area contributed by atoms with Crippen molar-refractivity contribution in [3.63, 3.8) is 0 Å². The van der Waals surface area contributed by atoms with Gasteiger partial charge < -0.3 is 10.1 Å². The average molecular weight is 354 g/mol. The van der Waals surface area contributed by atoms with Crippen LogP contribution in [0.2, 0.25) is 0 Å². The normalized spacial score (nSPS) is 10.9. The lowest BCUT2D eigenvalue weighted by molar-refractivity contribution is 0.0635. The molecule has 2 rings (SSSR count). The number of aryl methyl sites for hydroxylation is 1. The molecule has 0 bridgehead atoms. The third-order valence-electron chi connectivity index (χ3n) is 3.54. The van der Waals surface area contributed by atoms with Crippen molar-refractivity contribution in [1.29, 1.82) is 0 Å². The SMILES string of the molecule is CC(C)(C)OC(=O)Nc1cccc(C(=O)NCCCc2ccccc2)c1. The van der Waals surface area contributed by atoms with Gasteiger partial charge in [-0.1, -0.05) is 36.4 Å². The van der Waals surface area contributed by atoms with Gasteiger partial charge in [0.15, 0.2) is 0 Å². The third-order valence-corrected chi connectivity index (χ3v) is 3.54. The molecule has 5 nitrogen and oxygen atoms in total. The van der Waals surface area contributed by atoms with Crippen molar-refractivity contribution in [2.75, 3.05) is 11.9 Å². The summed E-state index contributed by atoms with van der Waals surface area (Å²) in [6.07, 6.45) is 1.24. The molecule has 0 saturated heterocycles. The molecule has 0 fully saturated rings. The number of hydrogen-bond acceptors (Lipinski definition) is 3.